The number of carbonyl (C=O) groups is 1. The Hall–Kier alpha value is -2.09. The zero-order valence-corrected chi connectivity index (χ0v) is 8.97. The molecule has 2 nitrogen and oxygen atoms in total. The quantitative estimate of drug-likeness (QED) is 0.776. The highest BCUT2D eigenvalue weighted by molar-refractivity contribution is 5.81. The van der Waals surface area contributed by atoms with Gasteiger partial charge >= 0.3 is 0 Å². The Bertz CT molecular complexity index is 530. The highest BCUT2D eigenvalue weighted by atomic mass is 16.3. The van der Waals surface area contributed by atoms with Gasteiger partial charge in [-0.3, -0.25) is 4.79 Å². The van der Waals surface area contributed by atoms with Gasteiger partial charge < -0.3 is 5.11 Å². The van der Waals surface area contributed by atoms with E-state index in [4.69, 9.17) is 0 Å². The van der Waals surface area contributed by atoms with E-state index in [1.54, 1.807) is 18.2 Å². The number of aromatic hydroxyl groups is 1. The number of rotatable bonds is 2. The molecule has 80 valence electrons. The zero-order chi connectivity index (χ0) is 11.5. The summed E-state index contributed by atoms with van der Waals surface area (Å²) in [6, 6.07) is 12.7. The van der Waals surface area contributed by atoms with E-state index in [-0.39, 0.29) is 5.75 Å². The molecule has 2 aromatic rings. The Balaban J connectivity index is 2.52. The summed E-state index contributed by atoms with van der Waals surface area (Å²) in [5.74, 6) is 0.228. The van der Waals surface area contributed by atoms with E-state index in [1.165, 1.54) is 0 Å². The normalized spacial score (nSPS) is 10.1. The van der Waals surface area contributed by atoms with Crippen LogP contribution in [0.3, 0.4) is 0 Å². The average molecular weight is 212 g/mol. The van der Waals surface area contributed by atoms with Crippen molar-refractivity contribution in [2.75, 3.05) is 0 Å². The molecule has 0 radical (unpaired) electrons. The first-order valence-corrected chi connectivity index (χ1v) is 5.06. The van der Waals surface area contributed by atoms with Gasteiger partial charge in [-0.1, -0.05) is 24.3 Å². The summed E-state index contributed by atoms with van der Waals surface area (Å²) < 4.78 is 0. The van der Waals surface area contributed by atoms with Crippen LogP contribution in [-0.2, 0) is 0 Å². The van der Waals surface area contributed by atoms with Gasteiger partial charge in [0.2, 0.25) is 0 Å². The van der Waals surface area contributed by atoms with Crippen molar-refractivity contribution in [3.05, 3.63) is 53.6 Å². The molecule has 0 aliphatic rings. The average Bonchev–Trinajstić information content (AvgIpc) is 2.29. The Labute approximate surface area is 94.2 Å². The topological polar surface area (TPSA) is 37.3 Å². The van der Waals surface area contributed by atoms with Crippen LogP contribution in [0, 0.1) is 6.92 Å². The van der Waals surface area contributed by atoms with E-state index in [0.717, 1.165) is 23.0 Å². The van der Waals surface area contributed by atoms with Gasteiger partial charge in [0, 0.05) is 5.56 Å². The van der Waals surface area contributed by atoms with Crippen molar-refractivity contribution in [2.24, 2.45) is 0 Å². The fourth-order valence-electron chi connectivity index (χ4n) is 1.63. The molecule has 0 atom stereocenters. The first-order valence-electron chi connectivity index (χ1n) is 5.06. The number of benzene rings is 2. The van der Waals surface area contributed by atoms with Gasteiger partial charge in [0.15, 0.2) is 0 Å². The molecule has 0 aromatic heterocycles. The number of carbonyl (C=O) groups excluding carboxylic acids is 1. The number of aldehydes is 1. The number of aryl methyl sites for hydroxylation is 1. The van der Waals surface area contributed by atoms with E-state index in [2.05, 4.69) is 0 Å². The lowest BCUT2D eigenvalue weighted by Crippen LogP contribution is -1.87. The van der Waals surface area contributed by atoms with Gasteiger partial charge in [0.25, 0.3) is 0 Å². The standard InChI is InChI=1S/C14H12O2/c1-10-5-6-12(7-13(10)9-15)11-3-2-4-14(16)8-11/h2-9,16H,1H3. The lowest BCUT2D eigenvalue weighted by molar-refractivity contribution is 0.112. The number of hydrogen-bond donors (Lipinski definition) is 1. The minimum absolute atomic E-state index is 0.228. The van der Waals surface area contributed by atoms with Crippen molar-refractivity contribution >= 4 is 6.29 Å². The van der Waals surface area contributed by atoms with Gasteiger partial charge in [-0.05, 0) is 41.8 Å². The molecule has 0 heterocycles. The van der Waals surface area contributed by atoms with Crippen molar-refractivity contribution in [3.8, 4) is 16.9 Å². The van der Waals surface area contributed by atoms with Crippen LogP contribution in [0.25, 0.3) is 11.1 Å². The van der Waals surface area contributed by atoms with Crippen molar-refractivity contribution in [1.82, 2.24) is 0 Å². The van der Waals surface area contributed by atoms with Crippen molar-refractivity contribution in [2.45, 2.75) is 6.92 Å². The van der Waals surface area contributed by atoms with Gasteiger partial charge in [-0.15, -0.1) is 0 Å². The molecule has 0 fully saturated rings. The monoisotopic (exact) mass is 212 g/mol. The third-order valence-corrected chi connectivity index (χ3v) is 2.59. The minimum Gasteiger partial charge on any atom is -0.508 e. The van der Waals surface area contributed by atoms with Crippen LogP contribution in [-0.4, -0.2) is 11.4 Å². The maximum Gasteiger partial charge on any atom is 0.150 e. The summed E-state index contributed by atoms with van der Waals surface area (Å²) in [7, 11) is 0. The van der Waals surface area contributed by atoms with E-state index in [1.807, 2.05) is 31.2 Å². The van der Waals surface area contributed by atoms with E-state index < -0.39 is 0 Å². The van der Waals surface area contributed by atoms with Crippen molar-refractivity contribution in [1.29, 1.82) is 0 Å². The molecule has 2 heteroatoms. The Morgan fingerprint density at radius 2 is 1.81 bits per heavy atom. The smallest absolute Gasteiger partial charge is 0.150 e. The van der Waals surface area contributed by atoms with E-state index in [9.17, 15) is 9.90 Å². The SMILES string of the molecule is Cc1ccc(-c2cccc(O)c2)cc1C=O. The van der Waals surface area contributed by atoms with Gasteiger partial charge in [-0.25, -0.2) is 0 Å². The molecular weight excluding hydrogens is 200 g/mol. The predicted molar refractivity (Wildman–Crippen MR) is 63.7 cm³/mol. The molecule has 2 aromatic carbocycles. The lowest BCUT2D eigenvalue weighted by Gasteiger charge is -2.05. The molecule has 0 saturated carbocycles. The van der Waals surface area contributed by atoms with Crippen LogP contribution in [0.1, 0.15) is 15.9 Å². The summed E-state index contributed by atoms with van der Waals surface area (Å²) in [5.41, 5.74) is 3.48. The molecule has 0 aliphatic heterocycles. The predicted octanol–water partition coefficient (Wildman–Crippen LogP) is 3.18. The highest BCUT2D eigenvalue weighted by Crippen LogP contribution is 2.24. The molecule has 0 unspecified atom stereocenters. The third kappa shape index (κ3) is 1.96. The number of hydrogen-bond acceptors (Lipinski definition) is 2. The molecule has 0 bridgehead atoms. The summed E-state index contributed by atoms with van der Waals surface area (Å²) in [5, 5.41) is 9.39. The maximum absolute atomic E-state index is 10.8. The van der Waals surface area contributed by atoms with Gasteiger partial charge in [-0.2, -0.15) is 0 Å². The molecular formula is C14H12O2. The summed E-state index contributed by atoms with van der Waals surface area (Å²) in [6.45, 7) is 1.90. The second-order valence-electron chi connectivity index (χ2n) is 3.74. The third-order valence-electron chi connectivity index (χ3n) is 2.59. The van der Waals surface area contributed by atoms with Crippen LogP contribution in [0.4, 0.5) is 0 Å². The molecule has 0 aliphatic carbocycles. The van der Waals surface area contributed by atoms with Gasteiger partial charge in [0.1, 0.15) is 12.0 Å². The van der Waals surface area contributed by atoms with Crippen LogP contribution in [0.2, 0.25) is 0 Å². The van der Waals surface area contributed by atoms with Crippen LogP contribution in [0.15, 0.2) is 42.5 Å². The number of phenolic OH excluding ortho intramolecular Hbond substituents is 1. The molecule has 1 N–H and O–H groups in total. The first-order chi connectivity index (χ1) is 7.70. The fourth-order valence-corrected chi connectivity index (χ4v) is 1.63. The number of phenols is 1. The van der Waals surface area contributed by atoms with E-state index in [0.29, 0.717) is 5.56 Å². The van der Waals surface area contributed by atoms with Crippen LogP contribution in [0.5, 0.6) is 5.75 Å². The molecule has 0 saturated heterocycles. The second-order valence-corrected chi connectivity index (χ2v) is 3.74. The van der Waals surface area contributed by atoms with Gasteiger partial charge in [0.05, 0.1) is 0 Å². The second kappa shape index (κ2) is 4.19. The summed E-state index contributed by atoms with van der Waals surface area (Å²) in [6.07, 6.45) is 0.849. The van der Waals surface area contributed by atoms with E-state index >= 15 is 0 Å². The minimum atomic E-state index is 0.228. The molecule has 2 rings (SSSR count). The Morgan fingerprint density at radius 1 is 1.06 bits per heavy atom. The lowest BCUT2D eigenvalue weighted by atomic mass is 10.0. The Morgan fingerprint density at radius 3 is 2.50 bits per heavy atom. The zero-order valence-electron chi connectivity index (χ0n) is 8.97. The summed E-state index contributed by atoms with van der Waals surface area (Å²) >= 11 is 0. The fraction of sp³-hybridized carbons (Fsp3) is 0.0714. The highest BCUT2D eigenvalue weighted by Gasteiger charge is 2.02. The first kappa shape index (κ1) is 10.4. The largest absolute Gasteiger partial charge is 0.508 e. The Kier molecular flexibility index (Phi) is 2.73. The van der Waals surface area contributed by atoms with Crippen molar-refractivity contribution in [3.63, 3.8) is 0 Å². The van der Waals surface area contributed by atoms with Crippen molar-refractivity contribution < 1.29 is 9.90 Å². The van der Waals surface area contributed by atoms with Crippen LogP contribution >= 0.6 is 0 Å². The molecule has 0 spiro atoms. The maximum atomic E-state index is 10.8. The molecule has 16 heavy (non-hydrogen) atoms. The van der Waals surface area contributed by atoms with Crippen LogP contribution < -0.4 is 0 Å². The molecule has 0 amide bonds. The summed E-state index contributed by atoms with van der Waals surface area (Å²) in [4.78, 5) is 10.8.